The van der Waals surface area contributed by atoms with Crippen molar-refractivity contribution < 1.29 is 5.11 Å². The quantitative estimate of drug-likeness (QED) is 0.874. The minimum atomic E-state index is -0.187. The van der Waals surface area contributed by atoms with Crippen LogP contribution in [0, 0.1) is 5.92 Å². The summed E-state index contributed by atoms with van der Waals surface area (Å²) in [5.41, 5.74) is 7.50. The Hall–Kier alpha value is -0.900. The molecule has 0 radical (unpaired) electrons. The summed E-state index contributed by atoms with van der Waals surface area (Å²) in [6.07, 6.45) is 1.94. The van der Waals surface area contributed by atoms with Gasteiger partial charge in [-0.25, -0.2) is 0 Å². The van der Waals surface area contributed by atoms with Crippen molar-refractivity contribution in [2.45, 2.75) is 44.9 Å². The molecule has 106 valence electrons. The predicted octanol–water partition coefficient (Wildman–Crippen LogP) is 2.17. The molecule has 3 nitrogen and oxygen atoms in total. The van der Waals surface area contributed by atoms with Gasteiger partial charge in [0.1, 0.15) is 0 Å². The van der Waals surface area contributed by atoms with Gasteiger partial charge < -0.3 is 10.8 Å². The van der Waals surface area contributed by atoms with Gasteiger partial charge in [0.2, 0.25) is 0 Å². The fourth-order valence-corrected chi connectivity index (χ4v) is 3.18. The Morgan fingerprint density at radius 1 is 1.16 bits per heavy atom. The molecule has 0 amide bonds. The lowest BCUT2D eigenvalue weighted by Gasteiger charge is -2.40. The van der Waals surface area contributed by atoms with E-state index in [1.54, 1.807) is 0 Å². The van der Waals surface area contributed by atoms with E-state index in [0.717, 1.165) is 25.9 Å². The molecular formula is C16H26N2O. The molecule has 0 bridgehead atoms. The maximum Gasteiger partial charge on any atom is 0.0541 e. The summed E-state index contributed by atoms with van der Waals surface area (Å²) in [4.78, 5) is 2.47. The van der Waals surface area contributed by atoms with Crippen molar-refractivity contribution in [3.05, 3.63) is 35.9 Å². The van der Waals surface area contributed by atoms with Gasteiger partial charge in [-0.15, -0.1) is 0 Å². The molecule has 1 aromatic rings. The molecule has 2 rings (SSSR count). The van der Waals surface area contributed by atoms with E-state index in [1.165, 1.54) is 5.56 Å². The molecule has 19 heavy (non-hydrogen) atoms. The normalized spacial score (nSPS) is 22.9. The maximum absolute atomic E-state index is 9.69. The molecular weight excluding hydrogens is 236 g/mol. The van der Waals surface area contributed by atoms with Crippen molar-refractivity contribution in [2.75, 3.05) is 13.1 Å². The standard InChI is InChI=1S/C16H26N2O/c1-12(17)16(15-6-4-3-5-7-15)18-10-8-14(9-11-18)13(2)19/h3-7,12-14,16,19H,8-11,17H2,1-2H3. The zero-order chi connectivity index (χ0) is 13.8. The zero-order valence-corrected chi connectivity index (χ0v) is 12.0. The average Bonchev–Trinajstić information content (AvgIpc) is 2.40. The van der Waals surface area contributed by atoms with Gasteiger partial charge in [-0.1, -0.05) is 30.3 Å². The first-order chi connectivity index (χ1) is 9.09. The van der Waals surface area contributed by atoms with E-state index >= 15 is 0 Å². The summed E-state index contributed by atoms with van der Waals surface area (Å²) in [6, 6.07) is 10.9. The highest BCUT2D eigenvalue weighted by Gasteiger charge is 2.29. The van der Waals surface area contributed by atoms with Crippen LogP contribution >= 0.6 is 0 Å². The van der Waals surface area contributed by atoms with Gasteiger partial charge in [0, 0.05) is 12.1 Å². The van der Waals surface area contributed by atoms with Crippen molar-refractivity contribution in [3.63, 3.8) is 0 Å². The van der Waals surface area contributed by atoms with E-state index in [-0.39, 0.29) is 18.2 Å². The Bertz CT molecular complexity index is 370. The molecule has 1 aliphatic heterocycles. The molecule has 3 atom stereocenters. The number of hydrogen-bond donors (Lipinski definition) is 2. The monoisotopic (exact) mass is 262 g/mol. The van der Waals surface area contributed by atoms with Crippen LogP contribution in [-0.2, 0) is 0 Å². The Labute approximate surface area is 116 Å². The average molecular weight is 262 g/mol. The van der Waals surface area contributed by atoms with E-state index in [4.69, 9.17) is 5.73 Å². The number of likely N-dealkylation sites (tertiary alicyclic amines) is 1. The van der Waals surface area contributed by atoms with Crippen LogP contribution in [0.15, 0.2) is 30.3 Å². The van der Waals surface area contributed by atoms with Gasteiger partial charge in [-0.3, -0.25) is 4.90 Å². The maximum atomic E-state index is 9.69. The number of hydrogen-bond acceptors (Lipinski definition) is 3. The number of nitrogens with zero attached hydrogens (tertiary/aromatic N) is 1. The van der Waals surface area contributed by atoms with E-state index in [9.17, 15) is 5.11 Å². The summed E-state index contributed by atoms with van der Waals surface area (Å²) in [6.45, 7) is 6.03. The molecule has 3 heteroatoms. The van der Waals surface area contributed by atoms with Crippen molar-refractivity contribution in [1.29, 1.82) is 0 Å². The third-order valence-corrected chi connectivity index (χ3v) is 4.29. The minimum absolute atomic E-state index is 0.116. The smallest absolute Gasteiger partial charge is 0.0541 e. The van der Waals surface area contributed by atoms with Crippen LogP contribution in [0.25, 0.3) is 0 Å². The largest absolute Gasteiger partial charge is 0.393 e. The highest BCUT2D eigenvalue weighted by molar-refractivity contribution is 5.20. The summed E-state index contributed by atoms with van der Waals surface area (Å²) < 4.78 is 0. The Morgan fingerprint density at radius 3 is 2.21 bits per heavy atom. The van der Waals surface area contributed by atoms with E-state index < -0.39 is 0 Å². The van der Waals surface area contributed by atoms with Crippen LogP contribution in [0.4, 0.5) is 0 Å². The number of aliphatic hydroxyl groups excluding tert-OH is 1. The molecule has 1 heterocycles. The number of aliphatic hydroxyl groups is 1. The zero-order valence-electron chi connectivity index (χ0n) is 12.0. The molecule has 0 spiro atoms. The van der Waals surface area contributed by atoms with Crippen molar-refractivity contribution >= 4 is 0 Å². The fourth-order valence-electron chi connectivity index (χ4n) is 3.18. The molecule has 0 saturated carbocycles. The second-order valence-corrected chi connectivity index (χ2v) is 5.83. The highest BCUT2D eigenvalue weighted by atomic mass is 16.3. The van der Waals surface area contributed by atoms with Crippen LogP contribution in [0.5, 0.6) is 0 Å². The van der Waals surface area contributed by atoms with Crippen LogP contribution in [0.2, 0.25) is 0 Å². The summed E-state index contributed by atoms with van der Waals surface area (Å²) in [5, 5.41) is 9.69. The molecule has 3 N–H and O–H groups in total. The summed E-state index contributed by atoms with van der Waals surface area (Å²) in [5.74, 6) is 0.445. The molecule has 0 aromatic heterocycles. The van der Waals surface area contributed by atoms with Crippen LogP contribution < -0.4 is 5.73 Å². The Kier molecular flexibility index (Phi) is 4.97. The number of rotatable bonds is 4. The van der Waals surface area contributed by atoms with Gasteiger partial charge in [-0.05, 0) is 51.3 Å². The summed E-state index contributed by atoms with van der Waals surface area (Å²) in [7, 11) is 0. The Balaban J connectivity index is 2.06. The first kappa shape index (κ1) is 14.5. The number of benzene rings is 1. The van der Waals surface area contributed by atoms with Gasteiger partial charge in [-0.2, -0.15) is 0 Å². The predicted molar refractivity (Wildman–Crippen MR) is 78.8 cm³/mol. The highest BCUT2D eigenvalue weighted by Crippen LogP contribution is 2.29. The molecule has 1 aliphatic rings. The third kappa shape index (κ3) is 3.56. The lowest BCUT2D eigenvalue weighted by atomic mass is 9.89. The summed E-state index contributed by atoms with van der Waals surface area (Å²) >= 11 is 0. The van der Waals surface area contributed by atoms with Crippen molar-refractivity contribution in [3.8, 4) is 0 Å². The van der Waals surface area contributed by atoms with E-state index in [0.29, 0.717) is 5.92 Å². The SMILES string of the molecule is CC(N)C(c1ccccc1)N1CCC(C(C)O)CC1. The van der Waals surface area contributed by atoms with Gasteiger partial charge in [0.15, 0.2) is 0 Å². The van der Waals surface area contributed by atoms with Crippen molar-refractivity contribution in [1.82, 2.24) is 4.90 Å². The molecule has 0 aliphatic carbocycles. The van der Waals surface area contributed by atoms with E-state index in [1.807, 2.05) is 13.0 Å². The van der Waals surface area contributed by atoms with Crippen LogP contribution in [-0.4, -0.2) is 35.2 Å². The first-order valence-corrected chi connectivity index (χ1v) is 7.32. The number of nitrogens with two attached hydrogens (primary N) is 1. The first-order valence-electron chi connectivity index (χ1n) is 7.32. The van der Waals surface area contributed by atoms with Gasteiger partial charge >= 0.3 is 0 Å². The second kappa shape index (κ2) is 6.51. The van der Waals surface area contributed by atoms with Crippen LogP contribution in [0.1, 0.15) is 38.3 Å². The second-order valence-electron chi connectivity index (χ2n) is 5.83. The molecule has 3 unspecified atom stereocenters. The minimum Gasteiger partial charge on any atom is -0.393 e. The number of piperidine rings is 1. The van der Waals surface area contributed by atoms with Crippen LogP contribution in [0.3, 0.4) is 0 Å². The van der Waals surface area contributed by atoms with E-state index in [2.05, 4.69) is 36.1 Å². The van der Waals surface area contributed by atoms with Crippen molar-refractivity contribution in [2.24, 2.45) is 11.7 Å². The molecule has 1 fully saturated rings. The lowest BCUT2D eigenvalue weighted by molar-refractivity contribution is 0.0511. The Morgan fingerprint density at radius 2 is 1.74 bits per heavy atom. The third-order valence-electron chi connectivity index (χ3n) is 4.29. The fraction of sp³-hybridized carbons (Fsp3) is 0.625. The topological polar surface area (TPSA) is 49.5 Å². The van der Waals surface area contributed by atoms with Gasteiger partial charge in [0.05, 0.1) is 6.10 Å². The lowest BCUT2D eigenvalue weighted by Crippen LogP contribution is -2.45. The van der Waals surface area contributed by atoms with Gasteiger partial charge in [0.25, 0.3) is 0 Å². The molecule has 1 saturated heterocycles. The molecule has 1 aromatic carbocycles.